The van der Waals surface area contributed by atoms with Gasteiger partial charge >= 0.3 is 0 Å². The summed E-state index contributed by atoms with van der Waals surface area (Å²) in [5, 5.41) is 0. The van der Waals surface area contributed by atoms with E-state index in [4.69, 9.17) is 0 Å². The minimum Gasteiger partial charge on any atom is -0.310 e. The average Bonchev–Trinajstić information content (AvgIpc) is 3.43. The third kappa shape index (κ3) is 5.87. The lowest BCUT2D eigenvalue weighted by atomic mass is 9.80. The van der Waals surface area contributed by atoms with Crippen LogP contribution in [0.4, 0.5) is 28.4 Å². The Balaban J connectivity index is 0.978. The SMILES string of the molecule is CC1(C)C2=C(CCC=C2)c2ccc(N(C3=CC=CC=C=C3)c3ccc(-c4ccc(N(c5ccccc5)c5ccc6c(c5)C(C)(C)C5=C6CCC=C5)cc4)cc3)cc21. The van der Waals surface area contributed by atoms with E-state index in [-0.39, 0.29) is 10.8 Å². The second kappa shape index (κ2) is 13.7. The fraction of sp³-hybridized carbons (Fsp3) is 0.182. The Kier molecular flexibility index (Phi) is 8.43. The zero-order chi connectivity index (χ0) is 38.7. The Bertz CT molecular complexity index is 2680. The molecule has 0 spiro atoms. The van der Waals surface area contributed by atoms with Gasteiger partial charge in [-0.2, -0.15) is 0 Å². The predicted molar refractivity (Wildman–Crippen MR) is 242 cm³/mol. The van der Waals surface area contributed by atoms with E-state index in [1.807, 2.05) is 12.2 Å². The number of nitrogens with zero attached hydrogens (tertiary/aromatic N) is 2. The van der Waals surface area contributed by atoms with Crippen LogP contribution >= 0.6 is 0 Å². The largest absolute Gasteiger partial charge is 0.310 e. The number of anilines is 5. The summed E-state index contributed by atoms with van der Waals surface area (Å²) in [5.74, 6) is 0. The van der Waals surface area contributed by atoms with Crippen molar-refractivity contribution in [1.29, 1.82) is 0 Å². The molecule has 57 heavy (non-hydrogen) atoms. The Morgan fingerprint density at radius 3 is 1.56 bits per heavy atom. The summed E-state index contributed by atoms with van der Waals surface area (Å²) >= 11 is 0. The molecule has 5 aliphatic rings. The molecule has 0 unspecified atom stereocenters. The highest BCUT2D eigenvalue weighted by Crippen LogP contribution is 2.53. The Morgan fingerprint density at radius 1 is 0.509 bits per heavy atom. The van der Waals surface area contributed by atoms with Crippen molar-refractivity contribution in [3.05, 3.63) is 215 Å². The summed E-state index contributed by atoms with van der Waals surface area (Å²) in [5.41, 5.74) is 24.1. The Hall–Kier alpha value is -6.34. The highest BCUT2D eigenvalue weighted by Gasteiger charge is 2.39. The first kappa shape index (κ1) is 35.1. The van der Waals surface area contributed by atoms with E-state index in [1.54, 1.807) is 0 Å². The molecule has 0 N–H and O–H groups in total. The molecule has 0 radical (unpaired) electrons. The van der Waals surface area contributed by atoms with Gasteiger partial charge in [0.1, 0.15) is 0 Å². The Morgan fingerprint density at radius 2 is 1.00 bits per heavy atom. The van der Waals surface area contributed by atoms with Gasteiger partial charge in [0.05, 0.1) is 5.70 Å². The maximum atomic E-state index is 3.36. The molecular weight excluding hydrogens is 689 g/mol. The fourth-order valence-corrected chi connectivity index (χ4v) is 9.92. The van der Waals surface area contributed by atoms with E-state index in [0.29, 0.717) is 0 Å². The van der Waals surface area contributed by atoms with Crippen LogP contribution in [0.2, 0.25) is 0 Å². The van der Waals surface area contributed by atoms with Gasteiger partial charge in [0.2, 0.25) is 0 Å². The van der Waals surface area contributed by atoms with Crippen LogP contribution in [0.15, 0.2) is 193 Å². The number of fused-ring (bicyclic) bond motifs is 4. The number of para-hydroxylation sites is 1. The van der Waals surface area contributed by atoms with Crippen LogP contribution in [-0.4, -0.2) is 0 Å². The molecule has 0 fully saturated rings. The lowest BCUT2D eigenvalue weighted by Gasteiger charge is -2.29. The van der Waals surface area contributed by atoms with Crippen molar-refractivity contribution in [3.8, 4) is 11.1 Å². The van der Waals surface area contributed by atoms with Crippen molar-refractivity contribution < 1.29 is 0 Å². The van der Waals surface area contributed by atoms with E-state index in [1.165, 1.54) is 61.4 Å². The number of benzene rings is 5. The molecule has 0 bridgehead atoms. The molecule has 0 aliphatic heterocycles. The first-order valence-electron chi connectivity index (χ1n) is 20.5. The van der Waals surface area contributed by atoms with Crippen molar-refractivity contribution in [3.63, 3.8) is 0 Å². The number of allylic oxidation sites excluding steroid dienone is 12. The predicted octanol–water partition coefficient (Wildman–Crippen LogP) is 14.9. The van der Waals surface area contributed by atoms with Gasteiger partial charge in [-0.05, 0) is 154 Å². The molecular formula is C55H48N2. The molecule has 0 heterocycles. The van der Waals surface area contributed by atoms with Crippen molar-refractivity contribution >= 4 is 39.6 Å². The average molecular weight is 737 g/mol. The van der Waals surface area contributed by atoms with E-state index in [9.17, 15) is 0 Å². The van der Waals surface area contributed by atoms with Gasteiger partial charge < -0.3 is 9.80 Å². The summed E-state index contributed by atoms with van der Waals surface area (Å²) < 4.78 is 0. The van der Waals surface area contributed by atoms with Gasteiger partial charge in [-0.15, -0.1) is 5.73 Å². The van der Waals surface area contributed by atoms with Crippen LogP contribution in [0.1, 0.15) is 75.6 Å². The maximum Gasteiger partial charge on any atom is 0.0538 e. The topological polar surface area (TPSA) is 6.48 Å². The van der Waals surface area contributed by atoms with Crippen LogP contribution in [0, 0.1) is 0 Å². The molecule has 0 amide bonds. The third-order valence-electron chi connectivity index (χ3n) is 12.9. The number of hydrogen-bond donors (Lipinski definition) is 0. The van der Waals surface area contributed by atoms with Crippen LogP contribution in [0.5, 0.6) is 0 Å². The lowest BCUT2D eigenvalue weighted by Crippen LogP contribution is -2.19. The molecule has 2 heteroatoms. The second-order valence-corrected chi connectivity index (χ2v) is 16.9. The van der Waals surface area contributed by atoms with Crippen molar-refractivity contribution in [2.24, 2.45) is 0 Å². The van der Waals surface area contributed by atoms with Gasteiger partial charge in [0, 0.05) is 45.3 Å². The molecule has 0 atom stereocenters. The van der Waals surface area contributed by atoms with Gasteiger partial charge in [0.25, 0.3) is 0 Å². The monoisotopic (exact) mass is 736 g/mol. The van der Waals surface area contributed by atoms with Crippen molar-refractivity contribution in [2.75, 3.05) is 9.80 Å². The zero-order valence-corrected chi connectivity index (χ0v) is 33.4. The van der Waals surface area contributed by atoms with Crippen LogP contribution in [0.25, 0.3) is 22.3 Å². The van der Waals surface area contributed by atoms with Crippen LogP contribution < -0.4 is 9.80 Å². The number of rotatable bonds is 7. The second-order valence-electron chi connectivity index (χ2n) is 16.9. The van der Waals surface area contributed by atoms with Gasteiger partial charge in [-0.1, -0.05) is 119 Å². The molecule has 0 saturated carbocycles. The number of hydrogen-bond acceptors (Lipinski definition) is 2. The summed E-state index contributed by atoms with van der Waals surface area (Å²) in [4.78, 5) is 4.76. The quantitative estimate of drug-likeness (QED) is 0.154. The van der Waals surface area contributed by atoms with Gasteiger partial charge in [-0.3, -0.25) is 0 Å². The van der Waals surface area contributed by atoms with Gasteiger partial charge in [0.15, 0.2) is 0 Å². The maximum absolute atomic E-state index is 3.36. The van der Waals surface area contributed by atoms with E-state index in [0.717, 1.165) is 54.1 Å². The standard InChI is InChI=1S/C55H48N2/c1-54(2)50-22-14-12-20-46(50)48-34-32-44(36-52(48)54)56(40-16-8-5-6-9-17-40)42-28-24-38(25-29-42)39-26-30-43(31-27-39)57(41-18-10-7-11-19-41)45-33-35-49-47-21-13-15-23-51(47)55(3,4)53(49)37-45/h5-8,10-11,14-19,22-37H,12-13,20-21H2,1-4H3. The summed E-state index contributed by atoms with van der Waals surface area (Å²) in [6.45, 7) is 9.51. The fourth-order valence-electron chi connectivity index (χ4n) is 9.92. The molecule has 5 aromatic carbocycles. The smallest absolute Gasteiger partial charge is 0.0538 e. The molecule has 0 saturated heterocycles. The minimum atomic E-state index is -0.0335. The summed E-state index contributed by atoms with van der Waals surface area (Å²) in [7, 11) is 0. The summed E-state index contributed by atoms with van der Waals surface area (Å²) in [6, 6.07) is 43.0. The van der Waals surface area contributed by atoms with Crippen LogP contribution in [0.3, 0.4) is 0 Å². The van der Waals surface area contributed by atoms with E-state index < -0.39 is 0 Å². The normalized spacial score (nSPS) is 17.9. The highest BCUT2D eigenvalue weighted by atomic mass is 15.1. The third-order valence-corrected chi connectivity index (χ3v) is 12.9. The van der Waals surface area contributed by atoms with Crippen LogP contribution in [-0.2, 0) is 10.8 Å². The zero-order valence-electron chi connectivity index (χ0n) is 33.4. The summed E-state index contributed by atoms with van der Waals surface area (Å²) in [6.07, 6.45) is 24.2. The van der Waals surface area contributed by atoms with E-state index in [2.05, 4.69) is 201 Å². The Labute approximate surface area is 338 Å². The van der Waals surface area contributed by atoms with Crippen molar-refractivity contribution in [1.82, 2.24) is 0 Å². The molecule has 278 valence electrons. The highest BCUT2D eigenvalue weighted by molar-refractivity contribution is 5.88. The molecule has 2 nitrogen and oxygen atoms in total. The van der Waals surface area contributed by atoms with Gasteiger partial charge in [-0.25, -0.2) is 0 Å². The first-order chi connectivity index (χ1) is 27.8. The lowest BCUT2D eigenvalue weighted by molar-refractivity contribution is 0.651. The minimum absolute atomic E-state index is 0.0205. The van der Waals surface area contributed by atoms with Crippen molar-refractivity contribution in [2.45, 2.75) is 64.2 Å². The van der Waals surface area contributed by atoms with E-state index >= 15 is 0 Å². The molecule has 5 aromatic rings. The molecule has 10 rings (SSSR count). The molecule has 0 aromatic heterocycles. The molecule has 5 aliphatic carbocycles. The first-order valence-corrected chi connectivity index (χ1v) is 20.5.